The van der Waals surface area contributed by atoms with Crippen LogP contribution in [0.3, 0.4) is 0 Å². The summed E-state index contributed by atoms with van der Waals surface area (Å²) in [5, 5.41) is 4.07. The molecule has 0 spiro atoms. The van der Waals surface area contributed by atoms with E-state index in [1.165, 1.54) is 11.1 Å². The molecule has 0 saturated heterocycles. The van der Waals surface area contributed by atoms with E-state index in [2.05, 4.69) is 66.7 Å². The van der Waals surface area contributed by atoms with E-state index in [9.17, 15) is 0 Å². The molecule has 0 bridgehead atoms. The molecule has 0 aliphatic rings. The van der Waals surface area contributed by atoms with Gasteiger partial charge in [-0.3, -0.25) is 0 Å². The van der Waals surface area contributed by atoms with Crippen molar-refractivity contribution in [2.75, 3.05) is 0 Å². The van der Waals surface area contributed by atoms with Crippen LogP contribution in [0, 0.1) is 0 Å². The summed E-state index contributed by atoms with van der Waals surface area (Å²) in [5.41, 5.74) is 8.43. The third kappa shape index (κ3) is 4.73. The minimum Gasteiger partial charge on any atom is -0.456 e. The van der Waals surface area contributed by atoms with Gasteiger partial charge in [-0.2, -0.15) is 0 Å². The van der Waals surface area contributed by atoms with E-state index in [4.69, 9.17) is 28.8 Å². The van der Waals surface area contributed by atoms with Crippen LogP contribution in [0.2, 0.25) is 0 Å². The number of aromatic nitrogens is 4. The highest BCUT2D eigenvalue weighted by Gasteiger charge is 2.24. The normalized spacial score (nSPS) is 11.6. The molecule has 10 aromatic rings. The van der Waals surface area contributed by atoms with Gasteiger partial charge in [0, 0.05) is 33.5 Å². The first-order chi connectivity index (χ1) is 24.7. The first-order valence-corrected chi connectivity index (χ1v) is 16.5. The molecule has 7 aromatic carbocycles. The summed E-state index contributed by atoms with van der Waals surface area (Å²) in [6.45, 7) is 0. The van der Waals surface area contributed by atoms with E-state index in [1.54, 1.807) is 0 Å². The molecular formula is C44H26N4O2. The highest BCUT2D eigenvalue weighted by molar-refractivity contribution is 6.18. The Kier molecular flexibility index (Phi) is 6.39. The lowest BCUT2D eigenvalue weighted by Crippen LogP contribution is -2.01. The molecule has 234 valence electrons. The second-order valence-electron chi connectivity index (χ2n) is 12.3. The molecular weight excluding hydrogens is 617 g/mol. The lowest BCUT2D eigenvalue weighted by molar-refractivity contribution is 0.617. The number of oxazole rings is 1. The van der Waals surface area contributed by atoms with Crippen LogP contribution in [0.4, 0.5) is 0 Å². The SMILES string of the molecule is c1ccc(-c2ccc3cc(-c4nc(-c5ccccc5)nc(-c5c6nc(-c7ccccc7)oc6cc6oc7ccccc7c56)n4)ccc3c2)cc1. The van der Waals surface area contributed by atoms with Gasteiger partial charge in [-0.1, -0.05) is 121 Å². The molecule has 0 fully saturated rings. The van der Waals surface area contributed by atoms with Gasteiger partial charge >= 0.3 is 0 Å². The van der Waals surface area contributed by atoms with Crippen molar-refractivity contribution in [2.24, 2.45) is 0 Å². The van der Waals surface area contributed by atoms with Crippen LogP contribution in [0.25, 0.3) is 101 Å². The predicted molar refractivity (Wildman–Crippen MR) is 199 cm³/mol. The van der Waals surface area contributed by atoms with Gasteiger partial charge in [0.15, 0.2) is 23.1 Å². The molecule has 3 aromatic heterocycles. The fourth-order valence-electron chi connectivity index (χ4n) is 6.72. The Morgan fingerprint density at radius 3 is 1.68 bits per heavy atom. The topological polar surface area (TPSA) is 77.8 Å². The van der Waals surface area contributed by atoms with Crippen LogP contribution in [0.5, 0.6) is 0 Å². The number of hydrogen-bond donors (Lipinski definition) is 0. The average Bonchev–Trinajstić information content (AvgIpc) is 3.79. The lowest BCUT2D eigenvalue weighted by Gasteiger charge is -2.10. The summed E-state index contributed by atoms with van der Waals surface area (Å²) in [5.74, 6) is 2.13. The number of hydrogen-bond acceptors (Lipinski definition) is 6. The Bertz CT molecular complexity index is 2860. The fraction of sp³-hybridized carbons (Fsp3) is 0. The Morgan fingerprint density at radius 1 is 0.360 bits per heavy atom. The maximum Gasteiger partial charge on any atom is 0.227 e. The van der Waals surface area contributed by atoms with Gasteiger partial charge in [0.2, 0.25) is 5.89 Å². The van der Waals surface area contributed by atoms with Crippen molar-refractivity contribution in [2.45, 2.75) is 0 Å². The van der Waals surface area contributed by atoms with Crippen LogP contribution >= 0.6 is 0 Å². The maximum absolute atomic E-state index is 6.40. The number of para-hydroxylation sites is 1. The van der Waals surface area contributed by atoms with Crippen molar-refractivity contribution in [3.8, 4) is 56.7 Å². The Labute approximate surface area is 286 Å². The summed E-state index contributed by atoms with van der Waals surface area (Å²) >= 11 is 0. The van der Waals surface area contributed by atoms with Crippen molar-refractivity contribution >= 4 is 43.8 Å². The second-order valence-corrected chi connectivity index (χ2v) is 12.3. The van der Waals surface area contributed by atoms with Gasteiger partial charge in [0.25, 0.3) is 0 Å². The van der Waals surface area contributed by atoms with Gasteiger partial charge < -0.3 is 8.83 Å². The molecule has 6 nitrogen and oxygen atoms in total. The molecule has 0 aliphatic heterocycles. The van der Waals surface area contributed by atoms with Crippen molar-refractivity contribution in [1.29, 1.82) is 0 Å². The molecule has 0 aliphatic carbocycles. The third-order valence-corrected chi connectivity index (χ3v) is 9.14. The van der Waals surface area contributed by atoms with Crippen molar-refractivity contribution in [3.63, 3.8) is 0 Å². The van der Waals surface area contributed by atoms with Gasteiger partial charge in [-0.15, -0.1) is 0 Å². The highest BCUT2D eigenvalue weighted by Crippen LogP contribution is 2.42. The van der Waals surface area contributed by atoms with Crippen LogP contribution in [0.1, 0.15) is 0 Å². The number of benzene rings is 7. The lowest BCUT2D eigenvalue weighted by atomic mass is 10.00. The second kappa shape index (κ2) is 11.4. The number of rotatable bonds is 5. The number of furan rings is 1. The summed E-state index contributed by atoms with van der Waals surface area (Å²) in [6.07, 6.45) is 0. The third-order valence-electron chi connectivity index (χ3n) is 9.14. The molecule has 0 amide bonds. The van der Waals surface area contributed by atoms with Crippen molar-refractivity contribution in [3.05, 3.63) is 158 Å². The van der Waals surface area contributed by atoms with Crippen LogP contribution in [-0.2, 0) is 0 Å². The summed E-state index contributed by atoms with van der Waals surface area (Å²) in [6, 6.07) is 53.1. The van der Waals surface area contributed by atoms with E-state index < -0.39 is 0 Å². The molecule has 0 unspecified atom stereocenters. The Balaban J connectivity index is 1.22. The van der Waals surface area contributed by atoms with E-state index in [-0.39, 0.29) is 0 Å². The van der Waals surface area contributed by atoms with E-state index in [1.807, 2.05) is 91.0 Å². The van der Waals surface area contributed by atoms with Gasteiger partial charge in [0.05, 0.1) is 5.56 Å². The quantitative estimate of drug-likeness (QED) is 0.186. The standard InChI is InChI=1S/C44H26N4O2/c1-4-12-27(13-5-1)30-20-21-32-25-33(23-22-31(32)24-30)42-46-41(28-14-6-2-7-15-28)47-43(48-42)39-38-34-18-10-11-19-35(34)49-36(38)26-37-40(39)45-44(50-37)29-16-8-3-9-17-29/h1-26H. The highest BCUT2D eigenvalue weighted by atomic mass is 16.4. The van der Waals surface area contributed by atoms with E-state index in [0.717, 1.165) is 49.4 Å². The number of nitrogens with zero attached hydrogens (tertiary/aromatic N) is 4. The average molecular weight is 643 g/mol. The smallest absolute Gasteiger partial charge is 0.227 e. The van der Waals surface area contributed by atoms with Crippen molar-refractivity contribution < 1.29 is 8.83 Å². The van der Waals surface area contributed by atoms with Gasteiger partial charge in [-0.05, 0) is 52.2 Å². The maximum atomic E-state index is 6.40. The van der Waals surface area contributed by atoms with Crippen LogP contribution in [-0.4, -0.2) is 19.9 Å². The molecule has 0 atom stereocenters. The molecule has 6 heteroatoms. The monoisotopic (exact) mass is 642 g/mol. The summed E-state index contributed by atoms with van der Waals surface area (Å²) in [4.78, 5) is 20.4. The zero-order chi connectivity index (χ0) is 33.0. The summed E-state index contributed by atoms with van der Waals surface area (Å²) in [7, 11) is 0. The predicted octanol–water partition coefficient (Wildman–Crippen LogP) is 11.4. The first-order valence-electron chi connectivity index (χ1n) is 16.5. The van der Waals surface area contributed by atoms with E-state index in [0.29, 0.717) is 40.0 Å². The molecule has 0 radical (unpaired) electrons. The molecule has 0 saturated carbocycles. The zero-order valence-electron chi connectivity index (χ0n) is 26.6. The van der Waals surface area contributed by atoms with Gasteiger partial charge in [0.1, 0.15) is 16.7 Å². The van der Waals surface area contributed by atoms with Crippen LogP contribution in [0.15, 0.2) is 167 Å². The Morgan fingerprint density at radius 2 is 0.940 bits per heavy atom. The minimum absolute atomic E-state index is 0.489. The largest absolute Gasteiger partial charge is 0.456 e. The number of fused-ring (bicyclic) bond motifs is 5. The zero-order valence-corrected chi connectivity index (χ0v) is 26.6. The first kappa shape index (κ1) is 28.1. The van der Waals surface area contributed by atoms with Gasteiger partial charge in [-0.25, -0.2) is 19.9 Å². The molecule has 10 rings (SSSR count). The van der Waals surface area contributed by atoms with Crippen molar-refractivity contribution in [1.82, 2.24) is 19.9 Å². The molecule has 50 heavy (non-hydrogen) atoms. The minimum atomic E-state index is 0.489. The van der Waals surface area contributed by atoms with Crippen LogP contribution < -0.4 is 0 Å². The molecule has 0 N–H and O–H groups in total. The van der Waals surface area contributed by atoms with E-state index >= 15 is 0 Å². The summed E-state index contributed by atoms with van der Waals surface area (Å²) < 4.78 is 12.8. The molecule has 3 heterocycles. The fourth-order valence-corrected chi connectivity index (χ4v) is 6.72. The Hall–Kier alpha value is -6.92.